The number of anilines is 1. The minimum Gasteiger partial charge on any atom is -0.450 e. The van der Waals surface area contributed by atoms with E-state index in [4.69, 9.17) is 4.74 Å². The molecule has 1 heterocycles. The molecule has 0 aliphatic carbocycles. The smallest absolute Gasteiger partial charge is 0.416 e. The van der Waals surface area contributed by atoms with Gasteiger partial charge in [-0.3, -0.25) is 4.79 Å². The van der Waals surface area contributed by atoms with E-state index in [1.807, 2.05) is 0 Å². The van der Waals surface area contributed by atoms with Crippen molar-refractivity contribution in [3.05, 3.63) is 29.8 Å². The predicted octanol–water partition coefficient (Wildman–Crippen LogP) is 3.51. The zero-order valence-corrected chi connectivity index (χ0v) is 13.2. The van der Waals surface area contributed by atoms with Crippen LogP contribution in [0.25, 0.3) is 0 Å². The van der Waals surface area contributed by atoms with E-state index in [-0.39, 0.29) is 17.9 Å². The van der Waals surface area contributed by atoms with Gasteiger partial charge in [0.1, 0.15) is 0 Å². The number of alkyl halides is 3. The van der Waals surface area contributed by atoms with Crippen LogP contribution in [0.3, 0.4) is 0 Å². The van der Waals surface area contributed by atoms with Crippen LogP contribution in [0.4, 0.5) is 23.7 Å². The molecule has 2 amide bonds. The number of piperidine rings is 1. The van der Waals surface area contributed by atoms with Gasteiger partial charge in [-0.2, -0.15) is 13.2 Å². The molecule has 0 aromatic heterocycles. The SMILES string of the molecule is CCOC(=O)N1CCC(C(=O)Nc2ccc(C(F)(F)F)cc2)CC1. The van der Waals surface area contributed by atoms with Gasteiger partial charge in [0.2, 0.25) is 5.91 Å². The maximum absolute atomic E-state index is 12.5. The summed E-state index contributed by atoms with van der Waals surface area (Å²) >= 11 is 0. The number of amides is 2. The van der Waals surface area contributed by atoms with Crippen molar-refractivity contribution in [1.82, 2.24) is 4.90 Å². The number of hydrogen-bond acceptors (Lipinski definition) is 3. The fourth-order valence-electron chi connectivity index (χ4n) is 2.53. The van der Waals surface area contributed by atoms with Gasteiger partial charge in [0.15, 0.2) is 0 Å². The number of carbonyl (C=O) groups is 2. The second kappa shape index (κ2) is 7.55. The van der Waals surface area contributed by atoms with Crippen LogP contribution in [0, 0.1) is 5.92 Å². The Morgan fingerprint density at radius 2 is 1.79 bits per heavy atom. The summed E-state index contributed by atoms with van der Waals surface area (Å²) in [4.78, 5) is 25.3. The van der Waals surface area contributed by atoms with Crippen LogP contribution in [0.15, 0.2) is 24.3 Å². The van der Waals surface area contributed by atoms with Gasteiger partial charge in [-0.1, -0.05) is 0 Å². The molecule has 1 aromatic carbocycles. The van der Waals surface area contributed by atoms with Crippen molar-refractivity contribution in [3.63, 3.8) is 0 Å². The highest BCUT2D eigenvalue weighted by atomic mass is 19.4. The molecule has 5 nitrogen and oxygen atoms in total. The van der Waals surface area contributed by atoms with E-state index in [0.29, 0.717) is 38.2 Å². The molecule has 132 valence electrons. The normalized spacial score (nSPS) is 15.9. The molecule has 0 unspecified atom stereocenters. The quantitative estimate of drug-likeness (QED) is 0.913. The van der Waals surface area contributed by atoms with E-state index >= 15 is 0 Å². The molecular weight excluding hydrogens is 325 g/mol. The summed E-state index contributed by atoms with van der Waals surface area (Å²) in [7, 11) is 0. The van der Waals surface area contributed by atoms with Crippen LogP contribution in [-0.4, -0.2) is 36.6 Å². The number of rotatable bonds is 3. The second-order valence-electron chi connectivity index (χ2n) is 5.52. The first-order chi connectivity index (χ1) is 11.3. The van der Waals surface area contributed by atoms with Crippen molar-refractivity contribution in [1.29, 1.82) is 0 Å². The molecule has 0 bridgehead atoms. The highest BCUT2D eigenvalue weighted by Gasteiger charge is 2.30. The number of ether oxygens (including phenoxy) is 1. The highest BCUT2D eigenvalue weighted by Crippen LogP contribution is 2.30. The topological polar surface area (TPSA) is 58.6 Å². The minimum absolute atomic E-state index is 0.252. The lowest BCUT2D eigenvalue weighted by atomic mass is 9.96. The fourth-order valence-corrected chi connectivity index (χ4v) is 2.53. The predicted molar refractivity (Wildman–Crippen MR) is 81.4 cm³/mol. The maximum atomic E-state index is 12.5. The third-order valence-corrected chi connectivity index (χ3v) is 3.87. The molecule has 8 heteroatoms. The van der Waals surface area contributed by atoms with E-state index in [1.165, 1.54) is 12.1 Å². The summed E-state index contributed by atoms with van der Waals surface area (Å²) in [5, 5.41) is 2.62. The van der Waals surface area contributed by atoms with Gasteiger partial charge < -0.3 is 15.0 Å². The number of hydrogen-bond donors (Lipinski definition) is 1. The molecule has 1 N–H and O–H groups in total. The molecule has 0 saturated carbocycles. The van der Waals surface area contributed by atoms with Gasteiger partial charge in [0, 0.05) is 24.7 Å². The summed E-state index contributed by atoms with van der Waals surface area (Å²) in [6.45, 7) is 2.86. The zero-order valence-electron chi connectivity index (χ0n) is 13.2. The molecule has 1 aliphatic rings. The van der Waals surface area contributed by atoms with E-state index in [1.54, 1.807) is 11.8 Å². The first kappa shape index (κ1) is 18.1. The van der Waals surface area contributed by atoms with Crippen LogP contribution in [0.2, 0.25) is 0 Å². The molecule has 0 radical (unpaired) electrons. The number of likely N-dealkylation sites (tertiary alicyclic amines) is 1. The lowest BCUT2D eigenvalue weighted by Crippen LogP contribution is -2.41. The van der Waals surface area contributed by atoms with Gasteiger partial charge in [0.25, 0.3) is 0 Å². The Labute approximate surface area is 137 Å². The molecule has 1 fully saturated rings. The van der Waals surface area contributed by atoms with Gasteiger partial charge in [-0.25, -0.2) is 4.79 Å². The summed E-state index contributed by atoms with van der Waals surface area (Å²) in [6, 6.07) is 4.32. The van der Waals surface area contributed by atoms with Crippen LogP contribution in [0.5, 0.6) is 0 Å². The Bertz CT molecular complexity index is 579. The summed E-state index contributed by atoms with van der Waals surface area (Å²) in [5.74, 6) is -0.531. The monoisotopic (exact) mass is 344 g/mol. The molecule has 1 aromatic rings. The van der Waals surface area contributed by atoms with E-state index in [0.717, 1.165) is 12.1 Å². The van der Waals surface area contributed by atoms with Crippen molar-refractivity contribution in [3.8, 4) is 0 Å². The minimum atomic E-state index is -4.40. The Balaban J connectivity index is 1.86. The number of carbonyl (C=O) groups excluding carboxylic acids is 2. The molecule has 0 spiro atoms. The standard InChI is InChI=1S/C16H19F3N2O3/c1-2-24-15(23)21-9-7-11(8-10-21)14(22)20-13-5-3-12(4-6-13)16(17,18)19/h3-6,11H,2,7-10H2,1H3,(H,20,22). The van der Waals surface area contributed by atoms with Crippen molar-refractivity contribution in [2.45, 2.75) is 25.9 Å². The highest BCUT2D eigenvalue weighted by molar-refractivity contribution is 5.92. The Kier molecular flexibility index (Phi) is 5.69. The molecule has 0 atom stereocenters. The largest absolute Gasteiger partial charge is 0.450 e. The van der Waals surface area contributed by atoms with E-state index in [9.17, 15) is 22.8 Å². The number of benzene rings is 1. The van der Waals surface area contributed by atoms with Crippen molar-refractivity contribution < 1.29 is 27.5 Å². The van der Waals surface area contributed by atoms with Crippen LogP contribution in [0.1, 0.15) is 25.3 Å². The van der Waals surface area contributed by atoms with Crippen LogP contribution >= 0.6 is 0 Å². The molecule has 2 rings (SSSR count). The van der Waals surface area contributed by atoms with Gasteiger partial charge in [0.05, 0.1) is 12.2 Å². The third-order valence-electron chi connectivity index (χ3n) is 3.87. The third kappa shape index (κ3) is 4.62. The first-order valence-corrected chi connectivity index (χ1v) is 7.71. The molecule has 24 heavy (non-hydrogen) atoms. The van der Waals surface area contributed by atoms with Crippen molar-refractivity contribution in [2.75, 3.05) is 25.0 Å². The molecule has 1 saturated heterocycles. The van der Waals surface area contributed by atoms with Gasteiger partial charge >= 0.3 is 12.3 Å². The van der Waals surface area contributed by atoms with Crippen molar-refractivity contribution >= 4 is 17.7 Å². The van der Waals surface area contributed by atoms with Crippen LogP contribution < -0.4 is 5.32 Å². The van der Waals surface area contributed by atoms with Gasteiger partial charge in [-0.15, -0.1) is 0 Å². The number of nitrogens with one attached hydrogen (secondary N) is 1. The fraction of sp³-hybridized carbons (Fsp3) is 0.500. The maximum Gasteiger partial charge on any atom is 0.416 e. The second-order valence-corrected chi connectivity index (χ2v) is 5.52. The first-order valence-electron chi connectivity index (χ1n) is 7.71. The van der Waals surface area contributed by atoms with Gasteiger partial charge in [-0.05, 0) is 44.0 Å². The van der Waals surface area contributed by atoms with Crippen molar-refractivity contribution in [2.24, 2.45) is 5.92 Å². The Morgan fingerprint density at radius 3 is 2.29 bits per heavy atom. The molecular formula is C16H19F3N2O3. The Hall–Kier alpha value is -2.25. The lowest BCUT2D eigenvalue weighted by molar-refractivity contribution is -0.137. The average Bonchev–Trinajstić information content (AvgIpc) is 2.55. The molecule has 1 aliphatic heterocycles. The zero-order chi connectivity index (χ0) is 17.7. The van der Waals surface area contributed by atoms with E-state index < -0.39 is 11.7 Å². The Morgan fingerprint density at radius 1 is 1.21 bits per heavy atom. The summed E-state index contributed by atoms with van der Waals surface area (Å²) in [5.41, 5.74) is -0.441. The number of nitrogens with zero attached hydrogens (tertiary/aromatic N) is 1. The number of halogens is 3. The average molecular weight is 344 g/mol. The lowest BCUT2D eigenvalue weighted by Gasteiger charge is -2.30. The summed E-state index contributed by atoms with van der Waals surface area (Å²) < 4.78 is 42.4. The van der Waals surface area contributed by atoms with E-state index in [2.05, 4.69) is 5.32 Å². The summed E-state index contributed by atoms with van der Waals surface area (Å²) in [6.07, 6.45) is -3.81. The van der Waals surface area contributed by atoms with Crippen LogP contribution in [-0.2, 0) is 15.7 Å².